The van der Waals surface area contributed by atoms with E-state index in [4.69, 9.17) is 4.74 Å². The molecule has 112 valence electrons. The molecule has 1 aliphatic heterocycles. The molecule has 1 aromatic rings. The molecule has 0 spiro atoms. The van der Waals surface area contributed by atoms with Crippen LogP contribution in [0.2, 0.25) is 0 Å². The van der Waals surface area contributed by atoms with Gasteiger partial charge in [-0.2, -0.15) is 0 Å². The molecule has 0 bridgehead atoms. The van der Waals surface area contributed by atoms with Gasteiger partial charge in [0.1, 0.15) is 0 Å². The number of nitrogens with zero attached hydrogens (tertiary/aromatic N) is 1. The Morgan fingerprint density at radius 1 is 1.35 bits per heavy atom. The lowest BCUT2D eigenvalue weighted by Crippen LogP contribution is -2.47. The molecule has 1 aliphatic rings. The van der Waals surface area contributed by atoms with Gasteiger partial charge < -0.3 is 9.84 Å². The maximum absolute atomic E-state index is 10.6. The van der Waals surface area contributed by atoms with Gasteiger partial charge in [-0.1, -0.05) is 51.1 Å². The van der Waals surface area contributed by atoms with Crippen LogP contribution in [0.4, 0.5) is 0 Å². The number of hydrogen-bond donors (Lipinski definition) is 1. The number of hydrogen-bond acceptors (Lipinski definition) is 3. The summed E-state index contributed by atoms with van der Waals surface area (Å²) in [5.41, 5.74) is 0.828. The Labute approximate surface area is 122 Å². The van der Waals surface area contributed by atoms with Crippen molar-refractivity contribution in [1.82, 2.24) is 4.90 Å². The molecule has 0 amide bonds. The predicted octanol–water partition coefficient (Wildman–Crippen LogP) is 2.86. The molecule has 3 nitrogen and oxygen atoms in total. The van der Waals surface area contributed by atoms with Gasteiger partial charge in [0.25, 0.3) is 0 Å². The van der Waals surface area contributed by atoms with Crippen molar-refractivity contribution in [3.8, 4) is 0 Å². The van der Waals surface area contributed by atoms with Crippen molar-refractivity contribution >= 4 is 0 Å². The molecule has 0 saturated carbocycles. The molecule has 2 unspecified atom stereocenters. The number of morpholine rings is 1. The Balaban J connectivity index is 1.99. The summed E-state index contributed by atoms with van der Waals surface area (Å²) < 4.78 is 5.71. The highest BCUT2D eigenvalue weighted by molar-refractivity contribution is 5.19. The van der Waals surface area contributed by atoms with Crippen molar-refractivity contribution in [2.24, 2.45) is 5.41 Å². The van der Waals surface area contributed by atoms with E-state index < -0.39 is 6.10 Å². The second kappa shape index (κ2) is 6.70. The third kappa shape index (κ3) is 3.81. The molecule has 20 heavy (non-hydrogen) atoms. The van der Waals surface area contributed by atoms with Gasteiger partial charge in [0.15, 0.2) is 0 Å². The molecule has 2 rings (SSSR count). The highest BCUT2D eigenvalue weighted by Gasteiger charge is 2.32. The summed E-state index contributed by atoms with van der Waals surface area (Å²) in [6.45, 7) is 10.1. The zero-order valence-electron chi connectivity index (χ0n) is 12.9. The first-order valence-electron chi connectivity index (χ1n) is 7.60. The number of ether oxygens (including phenoxy) is 1. The van der Waals surface area contributed by atoms with Gasteiger partial charge in [-0.05, 0) is 12.0 Å². The minimum Gasteiger partial charge on any atom is -0.388 e. The summed E-state index contributed by atoms with van der Waals surface area (Å²) in [6.07, 6.45) is 0.957. The van der Waals surface area contributed by atoms with Crippen LogP contribution in [0, 0.1) is 5.41 Å². The Bertz CT molecular complexity index is 405. The summed E-state index contributed by atoms with van der Waals surface area (Å²) >= 11 is 0. The SMILES string of the molecule is CCC1CN(CC(C)(C)C(O)c2ccccc2)CCO1. The van der Waals surface area contributed by atoms with E-state index in [1.807, 2.05) is 30.3 Å². The van der Waals surface area contributed by atoms with Crippen LogP contribution in [-0.4, -0.2) is 42.4 Å². The molecule has 0 radical (unpaired) electrons. The van der Waals surface area contributed by atoms with E-state index in [1.165, 1.54) is 0 Å². The average Bonchev–Trinajstić information content (AvgIpc) is 2.47. The maximum Gasteiger partial charge on any atom is 0.0853 e. The second-order valence-corrected chi connectivity index (χ2v) is 6.44. The fraction of sp³-hybridized carbons (Fsp3) is 0.647. The van der Waals surface area contributed by atoms with Crippen LogP contribution in [0.3, 0.4) is 0 Å². The second-order valence-electron chi connectivity index (χ2n) is 6.44. The number of rotatable bonds is 5. The van der Waals surface area contributed by atoms with Crippen LogP contribution in [0.25, 0.3) is 0 Å². The summed E-state index contributed by atoms with van der Waals surface area (Å²) in [5, 5.41) is 10.6. The summed E-state index contributed by atoms with van der Waals surface area (Å²) in [7, 11) is 0. The lowest BCUT2D eigenvalue weighted by Gasteiger charge is -2.40. The number of aliphatic hydroxyl groups is 1. The summed E-state index contributed by atoms with van der Waals surface area (Å²) in [4.78, 5) is 2.42. The van der Waals surface area contributed by atoms with Crippen molar-refractivity contribution in [1.29, 1.82) is 0 Å². The molecular formula is C17H27NO2. The fourth-order valence-corrected chi connectivity index (χ4v) is 2.92. The van der Waals surface area contributed by atoms with Gasteiger partial charge in [-0.15, -0.1) is 0 Å². The maximum atomic E-state index is 10.6. The normalized spacial score (nSPS) is 22.7. The predicted molar refractivity (Wildman–Crippen MR) is 81.7 cm³/mol. The standard InChI is InChI=1S/C17H27NO2/c1-4-15-12-18(10-11-20-15)13-17(2,3)16(19)14-8-6-5-7-9-14/h5-9,15-16,19H,4,10-13H2,1-3H3. The number of aliphatic hydroxyl groups excluding tert-OH is 1. The minimum absolute atomic E-state index is 0.170. The molecule has 1 saturated heterocycles. The van der Waals surface area contributed by atoms with Crippen molar-refractivity contribution in [3.63, 3.8) is 0 Å². The van der Waals surface area contributed by atoms with Crippen LogP contribution in [0.5, 0.6) is 0 Å². The summed E-state index contributed by atoms with van der Waals surface area (Å²) in [6, 6.07) is 9.95. The van der Waals surface area contributed by atoms with Crippen molar-refractivity contribution < 1.29 is 9.84 Å². The molecule has 1 fully saturated rings. The third-order valence-electron chi connectivity index (χ3n) is 4.16. The topological polar surface area (TPSA) is 32.7 Å². The quantitative estimate of drug-likeness (QED) is 0.898. The molecule has 1 heterocycles. The van der Waals surface area contributed by atoms with Crippen LogP contribution >= 0.6 is 0 Å². The molecule has 1 aromatic carbocycles. The van der Waals surface area contributed by atoms with Gasteiger partial charge in [0.2, 0.25) is 0 Å². The van der Waals surface area contributed by atoms with Gasteiger partial charge in [-0.3, -0.25) is 4.90 Å². The largest absolute Gasteiger partial charge is 0.388 e. The van der Waals surface area contributed by atoms with Gasteiger partial charge in [-0.25, -0.2) is 0 Å². The van der Waals surface area contributed by atoms with E-state index >= 15 is 0 Å². The fourth-order valence-electron chi connectivity index (χ4n) is 2.92. The molecule has 3 heteroatoms. The third-order valence-corrected chi connectivity index (χ3v) is 4.16. The zero-order valence-corrected chi connectivity index (χ0v) is 12.9. The minimum atomic E-state index is -0.438. The van der Waals surface area contributed by atoms with Crippen molar-refractivity contribution in [2.75, 3.05) is 26.2 Å². The highest BCUT2D eigenvalue weighted by atomic mass is 16.5. The number of benzene rings is 1. The van der Waals surface area contributed by atoms with E-state index in [0.29, 0.717) is 6.10 Å². The lowest BCUT2D eigenvalue weighted by molar-refractivity contribution is -0.0562. The highest BCUT2D eigenvalue weighted by Crippen LogP contribution is 2.34. The van der Waals surface area contributed by atoms with Gasteiger partial charge >= 0.3 is 0 Å². The van der Waals surface area contributed by atoms with E-state index in [9.17, 15) is 5.11 Å². The van der Waals surface area contributed by atoms with E-state index in [0.717, 1.165) is 38.2 Å². The molecule has 0 aliphatic carbocycles. The molecular weight excluding hydrogens is 250 g/mol. The van der Waals surface area contributed by atoms with Crippen LogP contribution in [0.15, 0.2) is 30.3 Å². The smallest absolute Gasteiger partial charge is 0.0853 e. The van der Waals surface area contributed by atoms with Gasteiger partial charge in [0.05, 0.1) is 18.8 Å². The van der Waals surface area contributed by atoms with E-state index in [-0.39, 0.29) is 5.41 Å². The molecule has 0 aromatic heterocycles. The van der Waals surface area contributed by atoms with Crippen molar-refractivity contribution in [2.45, 2.75) is 39.4 Å². The Kier molecular flexibility index (Phi) is 5.19. The van der Waals surface area contributed by atoms with Crippen LogP contribution in [0.1, 0.15) is 38.9 Å². The first-order valence-corrected chi connectivity index (χ1v) is 7.60. The first-order chi connectivity index (χ1) is 9.53. The van der Waals surface area contributed by atoms with Crippen LogP contribution in [-0.2, 0) is 4.74 Å². The Hall–Kier alpha value is -0.900. The Morgan fingerprint density at radius 2 is 2.05 bits per heavy atom. The zero-order chi connectivity index (χ0) is 14.6. The summed E-state index contributed by atoms with van der Waals surface area (Å²) in [5.74, 6) is 0. The van der Waals surface area contributed by atoms with Crippen molar-refractivity contribution in [3.05, 3.63) is 35.9 Å². The first kappa shape index (κ1) is 15.5. The van der Waals surface area contributed by atoms with Gasteiger partial charge in [0, 0.05) is 25.0 Å². The molecule has 1 N–H and O–H groups in total. The molecule has 2 atom stereocenters. The monoisotopic (exact) mass is 277 g/mol. The van der Waals surface area contributed by atoms with Crippen LogP contribution < -0.4 is 0 Å². The van der Waals surface area contributed by atoms with E-state index in [1.54, 1.807) is 0 Å². The van der Waals surface area contributed by atoms with E-state index in [2.05, 4.69) is 25.7 Å². The average molecular weight is 277 g/mol. The Morgan fingerprint density at radius 3 is 2.70 bits per heavy atom. The lowest BCUT2D eigenvalue weighted by atomic mass is 9.82.